The lowest BCUT2D eigenvalue weighted by atomic mass is 9.91. The summed E-state index contributed by atoms with van der Waals surface area (Å²) in [4.78, 5) is 4.09. The quantitative estimate of drug-likeness (QED) is 0.756. The van der Waals surface area contributed by atoms with Crippen LogP contribution in [0.5, 0.6) is 0 Å². The fraction of sp³-hybridized carbons (Fsp3) is 0.750. The van der Waals surface area contributed by atoms with E-state index in [0.29, 0.717) is 0 Å². The van der Waals surface area contributed by atoms with Gasteiger partial charge in [-0.25, -0.2) is 4.98 Å². The second-order valence-corrected chi connectivity index (χ2v) is 4.47. The molecule has 86 valence electrons. The maximum absolute atomic E-state index is 4.09. The summed E-state index contributed by atoms with van der Waals surface area (Å²) >= 11 is 0. The summed E-state index contributed by atoms with van der Waals surface area (Å²) in [6, 6.07) is 0. The highest BCUT2D eigenvalue weighted by Crippen LogP contribution is 2.23. The van der Waals surface area contributed by atoms with Crippen molar-refractivity contribution in [1.29, 1.82) is 0 Å². The van der Waals surface area contributed by atoms with Crippen molar-refractivity contribution < 1.29 is 0 Å². The zero-order valence-corrected chi connectivity index (χ0v) is 10.1. The molecule has 0 N–H and O–H groups in total. The Labute approximate surface area is 98.5 Å². The first-order valence-electron chi connectivity index (χ1n) is 5.91. The molecule has 1 aliphatic rings. The highest BCUT2D eigenvalue weighted by molar-refractivity contribution is 5.85. The van der Waals surface area contributed by atoms with E-state index in [1.807, 2.05) is 12.5 Å². The van der Waals surface area contributed by atoms with Gasteiger partial charge in [0.05, 0.1) is 6.33 Å². The van der Waals surface area contributed by atoms with Gasteiger partial charge in [-0.2, -0.15) is 0 Å². The van der Waals surface area contributed by atoms with Crippen molar-refractivity contribution in [1.82, 2.24) is 9.55 Å². The van der Waals surface area contributed by atoms with Crippen LogP contribution in [0.1, 0.15) is 44.9 Å². The lowest BCUT2D eigenvalue weighted by molar-refractivity contribution is 0.338. The summed E-state index contributed by atoms with van der Waals surface area (Å²) in [5.41, 5.74) is 0. The molecule has 1 fully saturated rings. The second kappa shape index (κ2) is 6.89. The molecular weight excluding hydrogens is 208 g/mol. The van der Waals surface area contributed by atoms with E-state index in [1.165, 1.54) is 51.5 Å². The molecule has 1 aliphatic carbocycles. The minimum Gasteiger partial charge on any atom is -0.337 e. The van der Waals surface area contributed by atoms with Gasteiger partial charge in [0.2, 0.25) is 0 Å². The smallest absolute Gasteiger partial charge is 0.0945 e. The van der Waals surface area contributed by atoms with Crippen molar-refractivity contribution in [2.75, 3.05) is 0 Å². The Bertz CT molecular complexity index is 238. The van der Waals surface area contributed by atoms with Crippen LogP contribution < -0.4 is 0 Å². The number of aromatic nitrogens is 2. The van der Waals surface area contributed by atoms with Crippen LogP contribution in [0.3, 0.4) is 0 Å². The molecular formula is C12H21ClN2. The molecule has 1 saturated carbocycles. The van der Waals surface area contributed by atoms with E-state index in [2.05, 4.69) is 15.7 Å². The van der Waals surface area contributed by atoms with Crippen LogP contribution in [-0.4, -0.2) is 9.55 Å². The van der Waals surface area contributed by atoms with Gasteiger partial charge in [-0.3, -0.25) is 0 Å². The van der Waals surface area contributed by atoms with Crippen molar-refractivity contribution in [3.63, 3.8) is 0 Å². The van der Waals surface area contributed by atoms with E-state index in [4.69, 9.17) is 0 Å². The average Bonchev–Trinajstić information content (AvgIpc) is 2.62. The normalized spacial score (nSPS) is 18.9. The molecule has 0 atom stereocenters. The Morgan fingerprint density at radius 2 is 1.73 bits per heavy atom. The third-order valence-electron chi connectivity index (χ3n) is 3.25. The maximum Gasteiger partial charge on any atom is 0.0945 e. The molecule has 0 saturated heterocycles. The summed E-state index contributed by atoms with van der Waals surface area (Å²) < 4.78 is 2.23. The third kappa shape index (κ3) is 4.25. The number of hydrogen-bond acceptors (Lipinski definition) is 1. The molecule has 0 aromatic carbocycles. The standard InChI is InChI=1S/C12H20N2.ClH/c1-2-4-6-12(7-5-3-1)10-14-9-8-13-11-14;/h8-9,11-12H,1-7,10H2;1H. The fourth-order valence-electron chi connectivity index (χ4n) is 2.42. The van der Waals surface area contributed by atoms with Gasteiger partial charge in [-0.05, 0) is 18.8 Å². The number of rotatable bonds is 2. The summed E-state index contributed by atoms with van der Waals surface area (Å²) in [5.74, 6) is 0.893. The van der Waals surface area contributed by atoms with Gasteiger partial charge >= 0.3 is 0 Å². The average molecular weight is 229 g/mol. The lowest BCUT2D eigenvalue weighted by Gasteiger charge is -2.19. The summed E-state index contributed by atoms with van der Waals surface area (Å²) in [5, 5.41) is 0. The zero-order chi connectivity index (χ0) is 9.64. The molecule has 2 rings (SSSR count). The SMILES string of the molecule is Cl.c1cn(CC2CCCCCCC2)cn1. The van der Waals surface area contributed by atoms with Gasteiger partial charge in [0.15, 0.2) is 0 Å². The largest absolute Gasteiger partial charge is 0.337 e. The zero-order valence-electron chi connectivity index (χ0n) is 9.27. The minimum absolute atomic E-state index is 0. The Morgan fingerprint density at radius 1 is 1.07 bits per heavy atom. The number of imidazole rings is 1. The van der Waals surface area contributed by atoms with Crippen LogP contribution in [0.15, 0.2) is 18.7 Å². The molecule has 0 aliphatic heterocycles. The molecule has 0 unspecified atom stereocenters. The van der Waals surface area contributed by atoms with Crippen LogP contribution in [-0.2, 0) is 6.54 Å². The Morgan fingerprint density at radius 3 is 2.33 bits per heavy atom. The van der Waals surface area contributed by atoms with Crippen LogP contribution in [0, 0.1) is 5.92 Å². The van der Waals surface area contributed by atoms with Crippen molar-refractivity contribution in [2.45, 2.75) is 51.5 Å². The molecule has 1 heterocycles. The number of hydrogen-bond donors (Lipinski definition) is 0. The Kier molecular flexibility index (Phi) is 5.77. The van der Waals surface area contributed by atoms with E-state index in [1.54, 1.807) is 0 Å². The lowest BCUT2D eigenvalue weighted by Crippen LogP contribution is -2.11. The highest BCUT2D eigenvalue weighted by atomic mass is 35.5. The summed E-state index contributed by atoms with van der Waals surface area (Å²) in [7, 11) is 0. The van der Waals surface area contributed by atoms with Crippen LogP contribution in [0.25, 0.3) is 0 Å². The first-order valence-corrected chi connectivity index (χ1v) is 5.91. The van der Waals surface area contributed by atoms with Crippen molar-refractivity contribution in [3.8, 4) is 0 Å². The molecule has 0 amide bonds. The predicted molar refractivity (Wildman–Crippen MR) is 65.3 cm³/mol. The second-order valence-electron chi connectivity index (χ2n) is 4.47. The van der Waals surface area contributed by atoms with Crippen molar-refractivity contribution in [2.24, 2.45) is 5.92 Å². The molecule has 15 heavy (non-hydrogen) atoms. The van der Waals surface area contributed by atoms with Gasteiger partial charge in [0, 0.05) is 18.9 Å². The van der Waals surface area contributed by atoms with E-state index >= 15 is 0 Å². The van der Waals surface area contributed by atoms with Crippen molar-refractivity contribution >= 4 is 12.4 Å². The van der Waals surface area contributed by atoms with Gasteiger partial charge in [0.1, 0.15) is 0 Å². The van der Waals surface area contributed by atoms with E-state index in [9.17, 15) is 0 Å². The third-order valence-corrected chi connectivity index (χ3v) is 3.25. The molecule has 0 radical (unpaired) electrons. The van der Waals surface area contributed by atoms with E-state index in [0.717, 1.165) is 5.92 Å². The minimum atomic E-state index is 0. The first-order chi connectivity index (χ1) is 6.95. The maximum atomic E-state index is 4.09. The highest BCUT2D eigenvalue weighted by Gasteiger charge is 2.11. The first kappa shape index (κ1) is 12.6. The topological polar surface area (TPSA) is 17.8 Å². The summed E-state index contributed by atoms with van der Waals surface area (Å²) in [6.45, 7) is 1.18. The van der Waals surface area contributed by atoms with Crippen LogP contribution in [0.4, 0.5) is 0 Å². The monoisotopic (exact) mass is 228 g/mol. The van der Waals surface area contributed by atoms with Gasteiger partial charge in [-0.15, -0.1) is 12.4 Å². The Balaban J connectivity index is 0.00000112. The van der Waals surface area contributed by atoms with Crippen LogP contribution >= 0.6 is 12.4 Å². The van der Waals surface area contributed by atoms with E-state index in [-0.39, 0.29) is 12.4 Å². The fourth-order valence-corrected chi connectivity index (χ4v) is 2.42. The number of halogens is 1. The molecule has 0 spiro atoms. The molecule has 2 nitrogen and oxygen atoms in total. The molecule has 0 bridgehead atoms. The predicted octanol–water partition coefficient (Wildman–Crippen LogP) is 3.67. The molecule has 1 aromatic heterocycles. The number of nitrogens with zero attached hydrogens (tertiary/aromatic N) is 2. The molecule has 1 aromatic rings. The van der Waals surface area contributed by atoms with Crippen molar-refractivity contribution in [3.05, 3.63) is 18.7 Å². The molecule has 3 heteroatoms. The van der Waals surface area contributed by atoms with Gasteiger partial charge < -0.3 is 4.57 Å². The van der Waals surface area contributed by atoms with Gasteiger partial charge in [0.25, 0.3) is 0 Å². The van der Waals surface area contributed by atoms with Crippen LogP contribution in [0.2, 0.25) is 0 Å². The van der Waals surface area contributed by atoms with Gasteiger partial charge in [-0.1, -0.05) is 32.1 Å². The summed E-state index contributed by atoms with van der Waals surface area (Å²) in [6.07, 6.45) is 15.9. The van der Waals surface area contributed by atoms with E-state index < -0.39 is 0 Å². The Hall–Kier alpha value is -0.500.